The Morgan fingerprint density at radius 2 is 2.20 bits per heavy atom. The molecule has 0 bridgehead atoms. The summed E-state index contributed by atoms with van der Waals surface area (Å²) in [5, 5.41) is 10.7. The Bertz CT molecular complexity index is 343. The SMILES string of the molecule is CC(COCCl)c1ccccc1[N+](=O)[O-]. The Balaban J connectivity index is 2.87. The number of para-hydroxylation sites is 1. The minimum Gasteiger partial charge on any atom is -0.365 e. The van der Waals surface area contributed by atoms with Gasteiger partial charge in [-0.25, -0.2) is 0 Å². The van der Waals surface area contributed by atoms with E-state index in [1.54, 1.807) is 18.2 Å². The first-order chi connectivity index (χ1) is 7.16. The molecular formula is C10H12ClNO3. The molecule has 0 saturated heterocycles. The minimum atomic E-state index is -0.382. The van der Waals surface area contributed by atoms with Crippen LogP contribution in [-0.2, 0) is 4.74 Å². The molecule has 0 amide bonds. The van der Waals surface area contributed by atoms with Crippen LogP contribution in [0.1, 0.15) is 18.4 Å². The summed E-state index contributed by atoms with van der Waals surface area (Å²) in [6.45, 7) is 2.25. The van der Waals surface area contributed by atoms with Crippen LogP contribution in [0.15, 0.2) is 24.3 Å². The fraction of sp³-hybridized carbons (Fsp3) is 0.400. The third kappa shape index (κ3) is 3.18. The molecule has 5 heteroatoms. The molecule has 0 radical (unpaired) electrons. The van der Waals surface area contributed by atoms with Crippen molar-refractivity contribution in [3.8, 4) is 0 Å². The lowest BCUT2D eigenvalue weighted by molar-refractivity contribution is -0.385. The first-order valence-corrected chi connectivity index (χ1v) is 5.07. The maximum Gasteiger partial charge on any atom is 0.272 e. The number of alkyl halides is 1. The Morgan fingerprint density at radius 3 is 2.80 bits per heavy atom. The van der Waals surface area contributed by atoms with Gasteiger partial charge in [0, 0.05) is 17.5 Å². The van der Waals surface area contributed by atoms with Gasteiger partial charge in [0.1, 0.15) is 6.07 Å². The van der Waals surface area contributed by atoms with E-state index < -0.39 is 0 Å². The van der Waals surface area contributed by atoms with Gasteiger partial charge in [0.05, 0.1) is 11.5 Å². The smallest absolute Gasteiger partial charge is 0.272 e. The number of rotatable bonds is 5. The molecule has 4 nitrogen and oxygen atoms in total. The van der Waals surface area contributed by atoms with Gasteiger partial charge in [-0.1, -0.05) is 36.7 Å². The number of nitrogens with zero attached hydrogens (tertiary/aromatic N) is 1. The molecule has 0 spiro atoms. The molecule has 1 rings (SSSR count). The van der Waals surface area contributed by atoms with Crippen molar-refractivity contribution < 1.29 is 9.66 Å². The fourth-order valence-corrected chi connectivity index (χ4v) is 1.47. The normalized spacial score (nSPS) is 12.4. The van der Waals surface area contributed by atoms with Gasteiger partial charge in [-0.2, -0.15) is 0 Å². The quantitative estimate of drug-likeness (QED) is 0.443. The van der Waals surface area contributed by atoms with Crippen molar-refractivity contribution in [2.45, 2.75) is 12.8 Å². The third-order valence-electron chi connectivity index (χ3n) is 2.11. The molecule has 15 heavy (non-hydrogen) atoms. The van der Waals surface area contributed by atoms with Gasteiger partial charge in [0.2, 0.25) is 0 Å². The van der Waals surface area contributed by atoms with Crippen molar-refractivity contribution in [2.24, 2.45) is 0 Å². The van der Waals surface area contributed by atoms with Crippen LogP contribution in [0.5, 0.6) is 0 Å². The highest BCUT2D eigenvalue weighted by Gasteiger charge is 2.17. The molecule has 1 aromatic carbocycles. The van der Waals surface area contributed by atoms with Gasteiger partial charge in [-0.05, 0) is 0 Å². The van der Waals surface area contributed by atoms with Gasteiger partial charge in [-0.3, -0.25) is 10.1 Å². The van der Waals surface area contributed by atoms with Crippen molar-refractivity contribution in [3.05, 3.63) is 39.9 Å². The van der Waals surface area contributed by atoms with Crippen molar-refractivity contribution in [3.63, 3.8) is 0 Å². The first kappa shape index (κ1) is 11.9. The van der Waals surface area contributed by atoms with Crippen LogP contribution in [0.4, 0.5) is 5.69 Å². The van der Waals surface area contributed by atoms with E-state index in [0.717, 1.165) is 0 Å². The van der Waals surface area contributed by atoms with Crippen molar-refractivity contribution in [2.75, 3.05) is 12.7 Å². The standard InChI is InChI=1S/C10H12ClNO3/c1-8(6-15-7-11)9-4-2-3-5-10(9)12(13)14/h2-5,8H,6-7H2,1H3. The van der Waals surface area contributed by atoms with Crippen molar-refractivity contribution in [1.82, 2.24) is 0 Å². The molecule has 0 saturated carbocycles. The molecule has 1 unspecified atom stereocenters. The molecule has 0 aliphatic carbocycles. The monoisotopic (exact) mass is 229 g/mol. The van der Waals surface area contributed by atoms with Gasteiger partial charge < -0.3 is 4.74 Å². The summed E-state index contributed by atoms with van der Waals surface area (Å²) in [5.41, 5.74) is 0.802. The molecule has 0 N–H and O–H groups in total. The van der Waals surface area contributed by atoms with Gasteiger partial charge >= 0.3 is 0 Å². The largest absolute Gasteiger partial charge is 0.365 e. The highest BCUT2D eigenvalue weighted by Crippen LogP contribution is 2.26. The van der Waals surface area contributed by atoms with Crippen LogP contribution < -0.4 is 0 Å². The summed E-state index contributed by atoms with van der Waals surface area (Å²) in [6, 6.07) is 6.76. The van der Waals surface area contributed by atoms with Crippen LogP contribution in [0.2, 0.25) is 0 Å². The number of hydrogen-bond acceptors (Lipinski definition) is 3. The van der Waals surface area contributed by atoms with Crippen LogP contribution >= 0.6 is 11.6 Å². The summed E-state index contributed by atoms with van der Waals surface area (Å²) in [6.07, 6.45) is 0. The molecular weight excluding hydrogens is 218 g/mol. The molecule has 0 aromatic heterocycles. The number of nitro groups is 1. The van der Waals surface area contributed by atoms with Gasteiger partial charge in [0.25, 0.3) is 5.69 Å². The summed E-state index contributed by atoms with van der Waals surface area (Å²) in [7, 11) is 0. The average molecular weight is 230 g/mol. The zero-order valence-corrected chi connectivity index (χ0v) is 9.11. The predicted octanol–water partition coefficient (Wildman–Crippen LogP) is 2.91. The Morgan fingerprint density at radius 1 is 1.53 bits per heavy atom. The lowest BCUT2D eigenvalue weighted by Crippen LogP contribution is -2.06. The molecule has 0 aliphatic rings. The molecule has 82 valence electrons. The highest BCUT2D eigenvalue weighted by molar-refractivity contribution is 6.17. The fourth-order valence-electron chi connectivity index (χ4n) is 1.38. The predicted molar refractivity (Wildman–Crippen MR) is 58.2 cm³/mol. The topological polar surface area (TPSA) is 52.4 Å². The van der Waals surface area contributed by atoms with Crippen molar-refractivity contribution >= 4 is 17.3 Å². The van der Waals surface area contributed by atoms with E-state index in [1.807, 2.05) is 6.92 Å². The summed E-state index contributed by atoms with van der Waals surface area (Å²) < 4.78 is 5.03. The summed E-state index contributed by atoms with van der Waals surface area (Å²) in [4.78, 5) is 10.4. The van der Waals surface area contributed by atoms with Gasteiger partial charge in [-0.15, -0.1) is 0 Å². The molecule has 0 fully saturated rings. The number of benzene rings is 1. The van der Waals surface area contributed by atoms with Crippen molar-refractivity contribution in [1.29, 1.82) is 0 Å². The van der Waals surface area contributed by atoms with Gasteiger partial charge in [0.15, 0.2) is 0 Å². The number of halogens is 1. The Labute approximate surface area is 93.0 Å². The Kier molecular flexibility index (Phi) is 4.52. The first-order valence-electron chi connectivity index (χ1n) is 4.53. The number of ether oxygens (including phenoxy) is 1. The Hall–Kier alpha value is -1.13. The van der Waals surface area contributed by atoms with E-state index in [0.29, 0.717) is 12.2 Å². The maximum absolute atomic E-state index is 10.7. The highest BCUT2D eigenvalue weighted by atomic mass is 35.5. The van der Waals surface area contributed by atoms with E-state index in [1.165, 1.54) is 6.07 Å². The maximum atomic E-state index is 10.7. The van der Waals surface area contributed by atoms with Crippen LogP contribution in [0.25, 0.3) is 0 Å². The van der Waals surface area contributed by atoms with E-state index in [9.17, 15) is 10.1 Å². The molecule has 0 heterocycles. The average Bonchev–Trinajstić information content (AvgIpc) is 2.25. The third-order valence-corrected chi connectivity index (χ3v) is 2.26. The second-order valence-electron chi connectivity index (χ2n) is 3.20. The minimum absolute atomic E-state index is 0.0367. The van der Waals surface area contributed by atoms with E-state index in [-0.39, 0.29) is 22.6 Å². The van der Waals surface area contributed by atoms with Crippen LogP contribution in [-0.4, -0.2) is 17.6 Å². The molecule has 1 aromatic rings. The number of hydrogen-bond donors (Lipinski definition) is 0. The second-order valence-corrected chi connectivity index (χ2v) is 3.42. The number of nitro benzene ring substituents is 1. The van der Waals surface area contributed by atoms with E-state index in [4.69, 9.17) is 16.3 Å². The second kappa shape index (κ2) is 5.68. The lowest BCUT2D eigenvalue weighted by atomic mass is 10.0. The zero-order chi connectivity index (χ0) is 11.3. The van der Waals surface area contributed by atoms with E-state index in [2.05, 4.69) is 0 Å². The van der Waals surface area contributed by atoms with Crippen LogP contribution in [0.3, 0.4) is 0 Å². The lowest BCUT2D eigenvalue weighted by Gasteiger charge is -2.11. The molecule has 0 aliphatic heterocycles. The van der Waals surface area contributed by atoms with Crippen LogP contribution in [0, 0.1) is 10.1 Å². The zero-order valence-electron chi connectivity index (χ0n) is 8.35. The van der Waals surface area contributed by atoms with E-state index >= 15 is 0 Å². The summed E-state index contributed by atoms with van der Waals surface area (Å²) in [5.74, 6) is -0.0367. The molecule has 1 atom stereocenters. The summed E-state index contributed by atoms with van der Waals surface area (Å²) >= 11 is 5.38.